The maximum absolute atomic E-state index is 12.7. The van der Waals surface area contributed by atoms with Crippen molar-refractivity contribution in [1.29, 1.82) is 0 Å². The lowest BCUT2D eigenvalue weighted by Gasteiger charge is -2.19. The van der Waals surface area contributed by atoms with E-state index in [1.807, 2.05) is 0 Å². The van der Waals surface area contributed by atoms with Gasteiger partial charge in [-0.05, 0) is 0 Å². The van der Waals surface area contributed by atoms with Gasteiger partial charge in [0.1, 0.15) is 12.0 Å². The monoisotopic (exact) mass is 322 g/mol. The van der Waals surface area contributed by atoms with E-state index in [1.165, 1.54) is 11.2 Å². The van der Waals surface area contributed by atoms with Crippen LogP contribution in [0.5, 0.6) is 0 Å². The fourth-order valence-electron chi connectivity index (χ4n) is 2.17. The number of aromatic nitrogens is 2. The molecular weight excluding hydrogens is 311 g/mol. The van der Waals surface area contributed by atoms with Gasteiger partial charge in [-0.1, -0.05) is 11.6 Å². The first kappa shape index (κ1) is 14.9. The molecule has 1 aliphatic heterocycles. The number of hydrogen-bond donors (Lipinski definition) is 1. The predicted octanol–water partition coefficient (Wildman–Crippen LogP) is 0.824. The summed E-state index contributed by atoms with van der Waals surface area (Å²) in [7, 11) is -3.02. The minimum absolute atomic E-state index is 0.0580. The minimum Gasteiger partial charge on any atom is -0.371 e. The van der Waals surface area contributed by atoms with Crippen molar-refractivity contribution in [2.45, 2.75) is 6.42 Å². The van der Waals surface area contributed by atoms with Crippen LogP contribution in [0, 0.1) is 5.92 Å². The smallest absolute Gasteiger partial charge is 0.302 e. The summed E-state index contributed by atoms with van der Waals surface area (Å²) in [5.74, 6) is -1.29. The summed E-state index contributed by atoms with van der Waals surface area (Å²) < 4.78 is 34.0. The SMILES string of the molecule is CNc1ncnc(Cl)c1N1CC(CS(=O)(=O)F)CC1=O. The molecule has 20 heavy (non-hydrogen) atoms. The van der Waals surface area contributed by atoms with Crippen molar-refractivity contribution >= 4 is 39.2 Å². The van der Waals surface area contributed by atoms with Crippen molar-refractivity contribution in [3.05, 3.63) is 11.5 Å². The first-order chi connectivity index (χ1) is 9.31. The molecule has 1 amide bonds. The van der Waals surface area contributed by atoms with E-state index in [0.717, 1.165) is 0 Å². The lowest BCUT2D eigenvalue weighted by atomic mass is 10.1. The molecule has 2 heterocycles. The number of rotatable bonds is 4. The molecule has 10 heteroatoms. The summed E-state index contributed by atoms with van der Waals surface area (Å²) in [6, 6.07) is 0. The number of carbonyl (C=O) groups excluding carboxylic acids is 1. The van der Waals surface area contributed by atoms with Gasteiger partial charge in [0.15, 0.2) is 11.0 Å². The molecule has 2 rings (SSSR count). The van der Waals surface area contributed by atoms with Crippen LogP contribution in [-0.2, 0) is 15.0 Å². The highest BCUT2D eigenvalue weighted by atomic mass is 35.5. The van der Waals surface area contributed by atoms with Crippen molar-refractivity contribution in [3.8, 4) is 0 Å². The highest BCUT2D eigenvalue weighted by Gasteiger charge is 2.36. The Morgan fingerprint density at radius 1 is 1.55 bits per heavy atom. The van der Waals surface area contributed by atoms with E-state index < -0.39 is 21.9 Å². The number of nitrogens with zero attached hydrogens (tertiary/aromatic N) is 3. The van der Waals surface area contributed by atoms with E-state index in [4.69, 9.17) is 11.6 Å². The van der Waals surface area contributed by atoms with Crippen molar-refractivity contribution in [2.75, 3.05) is 29.6 Å². The molecule has 0 radical (unpaired) electrons. The maximum atomic E-state index is 12.7. The number of nitrogens with one attached hydrogen (secondary N) is 1. The summed E-state index contributed by atoms with van der Waals surface area (Å²) in [6.07, 6.45) is 1.18. The van der Waals surface area contributed by atoms with Crippen molar-refractivity contribution < 1.29 is 17.1 Å². The van der Waals surface area contributed by atoms with Crippen LogP contribution in [0.15, 0.2) is 6.33 Å². The van der Waals surface area contributed by atoms with Crippen molar-refractivity contribution in [1.82, 2.24) is 9.97 Å². The molecule has 0 aromatic carbocycles. The summed E-state index contributed by atoms with van der Waals surface area (Å²) in [5, 5.41) is 2.85. The fraction of sp³-hybridized carbons (Fsp3) is 0.500. The number of anilines is 2. The summed E-state index contributed by atoms with van der Waals surface area (Å²) >= 11 is 5.96. The zero-order valence-electron chi connectivity index (χ0n) is 10.5. The van der Waals surface area contributed by atoms with E-state index in [-0.39, 0.29) is 29.7 Å². The minimum atomic E-state index is -4.62. The van der Waals surface area contributed by atoms with Crippen molar-refractivity contribution in [3.63, 3.8) is 0 Å². The van der Waals surface area contributed by atoms with Gasteiger partial charge in [0.25, 0.3) is 0 Å². The molecule has 110 valence electrons. The predicted molar refractivity (Wildman–Crippen MR) is 71.9 cm³/mol. The zero-order valence-corrected chi connectivity index (χ0v) is 12.1. The van der Waals surface area contributed by atoms with Crippen molar-refractivity contribution in [2.24, 2.45) is 5.92 Å². The van der Waals surface area contributed by atoms with Crippen LogP contribution in [0.4, 0.5) is 15.4 Å². The van der Waals surface area contributed by atoms with Crippen LogP contribution in [0.3, 0.4) is 0 Å². The molecule has 1 aromatic heterocycles. The van der Waals surface area contributed by atoms with Gasteiger partial charge in [0.05, 0.1) is 5.75 Å². The second kappa shape index (κ2) is 5.49. The van der Waals surface area contributed by atoms with E-state index in [1.54, 1.807) is 7.05 Å². The third-order valence-corrected chi connectivity index (χ3v) is 4.07. The topological polar surface area (TPSA) is 92.3 Å². The molecule has 1 atom stereocenters. The van der Waals surface area contributed by atoms with E-state index in [0.29, 0.717) is 5.82 Å². The molecule has 1 aliphatic rings. The van der Waals surface area contributed by atoms with Gasteiger partial charge < -0.3 is 10.2 Å². The molecule has 7 nitrogen and oxygen atoms in total. The van der Waals surface area contributed by atoms with Gasteiger partial charge in [0, 0.05) is 25.9 Å². The first-order valence-electron chi connectivity index (χ1n) is 5.72. The standard InChI is InChI=1S/C10H12ClFN4O3S/c1-13-10-8(9(11)14-5-15-10)16-3-6(2-7(16)17)4-20(12,18)19/h5-6H,2-4H2,1H3,(H,13,14,15). The molecule has 0 saturated carbocycles. The summed E-state index contributed by atoms with van der Waals surface area (Å²) in [4.78, 5) is 21.0. The van der Waals surface area contributed by atoms with Crippen LogP contribution in [-0.4, -0.2) is 43.6 Å². The average molecular weight is 323 g/mol. The molecule has 1 unspecified atom stereocenters. The Hall–Kier alpha value is -1.48. The van der Waals surface area contributed by atoms with Crippen LogP contribution < -0.4 is 10.2 Å². The van der Waals surface area contributed by atoms with Crippen LogP contribution in [0.2, 0.25) is 5.15 Å². The van der Waals surface area contributed by atoms with Gasteiger partial charge in [0.2, 0.25) is 5.91 Å². The molecule has 0 bridgehead atoms. The third-order valence-electron chi connectivity index (χ3n) is 2.92. The maximum Gasteiger partial charge on any atom is 0.302 e. The average Bonchev–Trinajstić information content (AvgIpc) is 2.67. The quantitative estimate of drug-likeness (QED) is 0.652. The molecular formula is C10H12ClFN4O3S. The Morgan fingerprint density at radius 2 is 2.25 bits per heavy atom. The number of halogens is 2. The summed E-state index contributed by atoms with van der Waals surface area (Å²) in [6.45, 7) is 0.0593. The Kier molecular flexibility index (Phi) is 4.09. The van der Waals surface area contributed by atoms with E-state index >= 15 is 0 Å². The third kappa shape index (κ3) is 3.15. The fourth-order valence-corrected chi connectivity index (χ4v) is 3.19. The summed E-state index contributed by atoms with van der Waals surface area (Å²) in [5.41, 5.74) is 0.278. The van der Waals surface area contributed by atoms with Gasteiger partial charge in [-0.25, -0.2) is 9.97 Å². The first-order valence-corrected chi connectivity index (χ1v) is 7.66. The Morgan fingerprint density at radius 3 is 2.85 bits per heavy atom. The van der Waals surface area contributed by atoms with Crippen LogP contribution >= 0.6 is 11.6 Å². The number of hydrogen-bond acceptors (Lipinski definition) is 6. The molecule has 1 saturated heterocycles. The van der Waals surface area contributed by atoms with Crippen LogP contribution in [0.25, 0.3) is 0 Å². The van der Waals surface area contributed by atoms with Gasteiger partial charge >= 0.3 is 10.2 Å². The second-order valence-corrected chi connectivity index (χ2v) is 6.16. The Bertz CT molecular complexity index is 639. The second-order valence-electron chi connectivity index (χ2n) is 4.39. The number of carbonyl (C=O) groups is 1. The largest absolute Gasteiger partial charge is 0.371 e. The highest BCUT2D eigenvalue weighted by Crippen LogP contribution is 2.35. The van der Waals surface area contributed by atoms with Crippen LogP contribution in [0.1, 0.15) is 6.42 Å². The molecule has 0 spiro atoms. The van der Waals surface area contributed by atoms with E-state index in [2.05, 4.69) is 15.3 Å². The molecule has 1 aromatic rings. The molecule has 1 fully saturated rings. The lowest BCUT2D eigenvalue weighted by Crippen LogP contribution is -2.27. The van der Waals surface area contributed by atoms with E-state index in [9.17, 15) is 17.1 Å². The molecule has 0 aliphatic carbocycles. The Balaban J connectivity index is 2.29. The lowest BCUT2D eigenvalue weighted by molar-refractivity contribution is -0.117. The van der Waals surface area contributed by atoms with Gasteiger partial charge in [-0.2, -0.15) is 8.42 Å². The molecule has 1 N–H and O–H groups in total. The van der Waals surface area contributed by atoms with Gasteiger partial charge in [-0.15, -0.1) is 3.89 Å². The Labute approximate surface area is 120 Å². The normalized spacial score (nSPS) is 19.4. The highest BCUT2D eigenvalue weighted by molar-refractivity contribution is 7.86. The zero-order chi connectivity index (χ0) is 14.9. The number of amides is 1. The van der Waals surface area contributed by atoms with Gasteiger partial charge in [-0.3, -0.25) is 4.79 Å².